The van der Waals surface area contributed by atoms with Crippen LogP contribution in [0.4, 0.5) is 0 Å². The number of carbonyl (C=O) groups is 4. The van der Waals surface area contributed by atoms with Gasteiger partial charge in [-0.1, -0.05) is 0 Å². The lowest BCUT2D eigenvalue weighted by Gasteiger charge is -2.44. The van der Waals surface area contributed by atoms with E-state index in [2.05, 4.69) is 0 Å². The monoisotopic (exact) mass is 389 g/mol. The Bertz CT molecular complexity index is 563. The van der Waals surface area contributed by atoms with Crippen LogP contribution in [0.25, 0.3) is 0 Å². The quantitative estimate of drug-likeness (QED) is 0.461. The zero-order chi connectivity index (χ0) is 20.7. The Balaban J connectivity index is 3.27. The number of hydrogen-bond donors (Lipinski definition) is 1. The minimum absolute atomic E-state index is 0.243. The topological polar surface area (TPSA) is 140 Å². The Kier molecular flexibility index (Phi) is 8.64. The van der Waals surface area contributed by atoms with Gasteiger partial charge in [-0.15, -0.1) is 0 Å². The van der Waals surface area contributed by atoms with Gasteiger partial charge in [0.1, 0.15) is 18.8 Å². The SMILES string of the molecule is CC(=O)OC[C@H]1O[C@@H](CC(C)N)[C@H](OC(C)=O)[C@@H](OC(C)=O)[C@@H]1OC(C)=O. The van der Waals surface area contributed by atoms with E-state index in [0.717, 1.165) is 0 Å². The summed E-state index contributed by atoms with van der Waals surface area (Å²) in [5, 5.41) is 0. The zero-order valence-electron chi connectivity index (χ0n) is 16.1. The summed E-state index contributed by atoms with van der Waals surface area (Å²) in [4.78, 5) is 45.9. The van der Waals surface area contributed by atoms with E-state index in [9.17, 15) is 19.2 Å². The van der Waals surface area contributed by atoms with Crippen molar-refractivity contribution in [3.63, 3.8) is 0 Å². The minimum atomic E-state index is -1.15. The summed E-state index contributed by atoms with van der Waals surface area (Å²) in [6.45, 7) is 6.24. The third-order valence-corrected chi connectivity index (χ3v) is 3.69. The van der Waals surface area contributed by atoms with Crippen LogP contribution in [-0.4, -0.2) is 67.0 Å². The maximum absolute atomic E-state index is 11.6. The first-order valence-corrected chi connectivity index (χ1v) is 8.57. The van der Waals surface area contributed by atoms with Gasteiger partial charge in [0, 0.05) is 33.7 Å². The predicted molar refractivity (Wildman–Crippen MR) is 90.2 cm³/mol. The lowest BCUT2D eigenvalue weighted by molar-refractivity contribution is -0.253. The van der Waals surface area contributed by atoms with E-state index in [1.165, 1.54) is 27.7 Å². The highest BCUT2D eigenvalue weighted by atomic mass is 16.7. The highest BCUT2D eigenvalue weighted by Gasteiger charge is 2.52. The molecule has 10 heteroatoms. The number of carbonyl (C=O) groups excluding carboxylic acids is 4. The average molecular weight is 389 g/mol. The molecule has 1 unspecified atom stereocenters. The van der Waals surface area contributed by atoms with E-state index >= 15 is 0 Å². The zero-order valence-corrected chi connectivity index (χ0v) is 16.1. The molecule has 1 fully saturated rings. The second-order valence-electron chi connectivity index (χ2n) is 6.45. The van der Waals surface area contributed by atoms with Crippen LogP contribution in [0.1, 0.15) is 41.0 Å². The van der Waals surface area contributed by atoms with Gasteiger partial charge in [0.15, 0.2) is 18.3 Å². The summed E-state index contributed by atoms with van der Waals surface area (Å²) in [5.74, 6) is -2.52. The van der Waals surface area contributed by atoms with Crippen molar-refractivity contribution in [2.45, 2.75) is 77.6 Å². The van der Waals surface area contributed by atoms with Crippen molar-refractivity contribution in [1.82, 2.24) is 0 Å². The average Bonchev–Trinajstić information content (AvgIpc) is 2.49. The molecule has 1 aliphatic heterocycles. The molecule has 0 bridgehead atoms. The first-order chi connectivity index (χ1) is 12.5. The Labute approximate surface area is 157 Å². The molecule has 0 aliphatic carbocycles. The molecular weight excluding hydrogens is 362 g/mol. The molecule has 0 aromatic carbocycles. The lowest BCUT2D eigenvalue weighted by atomic mass is 9.91. The number of nitrogens with two attached hydrogens (primary N) is 1. The van der Waals surface area contributed by atoms with Crippen molar-refractivity contribution >= 4 is 23.9 Å². The Morgan fingerprint density at radius 2 is 1.26 bits per heavy atom. The summed E-state index contributed by atoms with van der Waals surface area (Å²) in [6, 6.07) is -0.328. The van der Waals surface area contributed by atoms with Crippen molar-refractivity contribution in [2.24, 2.45) is 5.73 Å². The van der Waals surface area contributed by atoms with E-state index in [0.29, 0.717) is 0 Å². The molecule has 1 saturated heterocycles. The number of esters is 4. The molecule has 1 heterocycles. The van der Waals surface area contributed by atoms with Crippen molar-refractivity contribution in [2.75, 3.05) is 6.61 Å². The van der Waals surface area contributed by atoms with Crippen LogP contribution >= 0.6 is 0 Å². The van der Waals surface area contributed by atoms with Crippen molar-refractivity contribution in [3.8, 4) is 0 Å². The molecule has 0 aromatic heterocycles. The molecule has 154 valence electrons. The standard InChI is InChI=1S/C17H27NO9/c1-8(18)6-13-15(24-10(3)20)17(26-12(5)22)16(25-11(4)21)14(27-13)7-23-9(2)19/h8,13-17H,6-7,18H2,1-5H3/t8?,13-,14+,15-,16+,17+/m0/s1. The van der Waals surface area contributed by atoms with Gasteiger partial charge in [-0.05, 0) is 13.3 Å². The van der Waals surface area contributed by atoms with Gasteiger partial charge < -0.3 is 29.4 Å². The van der Waals surface area contributed by atoms with E-state index < -0.39 is 54.4 Å². The third kappa shape index (κ3) is 7.51. The number of hydrogen-bond acceptors (Lipinski definition) is 10. The summed E-state index contributed by atoms with van der Waals surface area (Å²) < 4.78 is 26.7. The van der Waals surface area contributed by atoms with Crippen LogP contribution in [0, 0.1) is 0 Å². The molecule has 27 heavy (non-hydrogen) atoms. The maximum Gasteiger partial charge on any atom is 0.303 e. The summed E-state index contributed by atoms with van der Waals surface area (Å²) >= 11 is 0. The highest BCUT2D eigenvalue weighted by molar-refractivity contribution is 5.68. The molecule has 1 aliphatic rings. The van der Waals surface area contributed by atoms with Gasteiger partial charge in [0.25, 0.3) is 0 Å². The predicted octanol–water partition coefficient (Wildman–Crippen LogP) is -0.151. The van der Waals surface area contributed by atoms with Crippen LogP contribution in [0.2, 0.25) is 0 Å². The van der Waals surface area contributed by atoms with Gasteiger partial charge in [-0.25, -0.2) is 0 Å². The van der Waals surface area contributed by atoms with Gasteiger partial charge in [0.05, 0.1) is 0 Å². The first-order valence-electron chi connectivity index (χ1n) is 8.57. The fourth-order valence-electron chi connectivity index (χ4n) is 2.87. The normalized spacial score (nSPS) is 28.6. The van der Waals surface area contributed by atoms with Gasteiger partial charge in [-0.2, -0.15) is 0 Å². The van der Waals surface area contributed by atoms with E-state index in [4.69, 9.17) is 29.4 Å². The van der Waals surface area contributed by atoms with Crippen molar-refractivity contribution in [3.05, 3.63) is 0 Å². The van der Waals surface area contributed by atoms with Crippen LogP contribution in [0.3, 0.4) is 0 Å². The molecule has 2 N–H and O–H groups in total. The van der Waals surface area contributed by atoms with Crippen molar-refractivity contribution in [1.29, 1.82) is 0 Å². The molecule has 6 atom stereocenters. The molecule has 0 aromatic rings. The molecule has 1 rings (SSSR count). The van der Waals surface area contributed by atoms with Crippen LogP contribution in [0.15, 0.2) is 0 Å². The van der Waals surface area contributed by atoms with Crippen molar-refractivity contribution < 1.29 is 42.9 Å². The Morgan fingerprint density at radius 1 is 0.815 bits per heavy atom. The van der Waals surface area contributed by atoms with E-state index in [-0.39, 0.29) is 19.1 Å². The fraction of sp³-hybridized carbons (Fsp3) is 0.765. The number of ether oxygens (including phenoxy) is 5. The summed E-state index contributed by atoms with van der Waals surface area (Å²) in [7, 11) is 0. The second-order valence-corrected chi connectivity index (χ2v) is 6.45. The molecule has 0 amide bonds. The van der Waals surface area contributed by atoms with Crippen LogP contribution < -0.4 is 5.73 Å². The Hall–Kier alpha value is -2.20. The van der Waals surface area contributed by atoms with Gasteiger partial charge in [-0.3, -0.25) is 19.2 Å². The fourth-order valence-corrected chi connectivity index (χ4v) is 2.87. The summed E-state index contributed by atoms with van der Waals surface area (Å²) in [5.41, 5.74) is 5.85. The smallest absolute Gasteiger partial charge is 0.303 e. The lowest BCUT2D eigenvalue weighted by Crippen LogP contribution is -2.62. The molecular formula is C17H27NO9. The number of rotatable bonds is 7. The summed E-state index contributed by atoms with van der Waals surface area (Å²) in [6.07, 6.45) is -4.76. The first kappa shape index (κ1) is 22.8. The maximum atomic E-state index is 11.6. The van der Waals surface area contributed by atoms with E-state index in [1.54, 1.807) is 6.92 Å². The van der Waals surface area contributed by atoms with Gasteiger partial charge in [0.2, 0.25) is 0 Å². The molecule has 10 nitrogen and oxygen atoms in total. The largest absolute Gasteiger partial charge is 0.463 e. The minimum Gasteiger partial charge on any atom is -0.463 e. The third-order valence-electron chi connectivity index (χ3n) is 3.69. The van der Waals surface area contributed by atoms with E-state index in [1.807, 2.05) is 0 Å². The Morgan fingerprint density at radius 3 is 1.67 bits per heavy atom. The molecule has 0 radical (unpaired) electrons. The van der Waals surface area contributed by atoms with Gasteiger partial charge >= 0.3 is 23.9 Å². The molecule has 0 saturated carbocycles. The second kappa shape index (κ2) is 10.2. The highest BCUT2D eigenvalue weighted by Crippen LogP contribution is 2.31. The molecule has 0 spiro atoms. The van der Waals surface area contributed by atoms with Crippen LogP contribution in [-0.2, 0) is 42.9 Å². The van der Waals surface area contributed by atoms with Crippen LogP contribution in [0.5, 0.6) is 0 Å².